The highest BCUT2D eigenvalue weighted by molar-refractivity contribution is 5.79. The lowest BCUT2D eigenvalue weighted by Gasteiger charge is -1.92. The monoisotopic (exact) mass is 226 g/mol. The lowest BCUT2D eigenvalue weighted by molar-refractivity contribution is 0.976. The van der Waals surface area contributed by atoms with Crippen molar-refractivity contribution in [2.45, 2.75) is 0 Å². The average Bonchev–Trinajstić information content (AvgIpc) is 2.39. The molecule has 0 radical (unpaired) electrons. The first-order valence-electron chi connectivity index (χ1n) is 4.15. The van der Waals surface area contributed by atoms with Gasteiger partial charge in [0, 0.05) is 0 Å². The third kappa shape index (κ3) is 3.00. The first-order valence-corrected chi connectivity index (χ1v) is 4.15. The molecule has 16 heavy (non-hydrogen) atoms. The first-order chi connectivity index (χ1) is 7.79. The molecule has 1 aromatic carbocycles. The number of hydrogen-bond donors (Lipinski definition) is 6. The zero-order valence-electron chi connectivity index (χ0n) is 8.44. The van der Waals surface area contributed by atoms with Crippen molar-refractivity contribution >= 4 is 10.8 Å². The van der Waals surface area contributed by atoms with Crippen LogP contribution in [-0.2, 0) is 0 Å². The molecule has 0 spiro atoms. The molecule has 0 saturated carbocycles. The maximum Gasteiger partial charge on any atom is 0.270 e. The first kappa shape index (κ1) is 14.0. The van der Waals surface area contributed by atoms with E-state index in [9.17, 15) is 9.59 Å². The second-order valence-electron chi connectivity index (χ2n) is 2.45. The van der Waals surface area contributed by atoms with Crippen LogP contribution in [-0.4, -0.2) is 10.2 Å². The number of hydrazine groups is 2. The molecule has 2 rings (SSSR count). The van der Waals surface area contributed by atoms with Gasteiger partial charge in [-0.05, 0) is 12.1 Å². The molecular weight excluding hydrogens is 212 g/mol. The van der Waals surface area contributed by atoms with Gasteiger partial charge in [0.05, 0.1) is 10.8 Å². The number of aromatic amines is 2. The minimum absolute atomic E-state index is 0.273. The Morgan fingerprint density at radius 3 is 1.38 bits per heavy atom. The van der Waals surface area contributed by atoms with Crippen molar-refractivity contribution in [3.05, 3.63) is 45.0 Å². The predicted octanol–water partition coefficient (Wildman–Crippen LogP) is -2.15. The highest BCUT2D eigenvalue weighted by Gasteiger charge is 1.98. The van der Waals surface area contributed by atoms with E-state index in [-0.39, 0.29) is 11.1 Å². The van der Waals surface area contributed by atoms with E-state index in [4.69, 9.17) is 0 Å². The summed E-state index contributed by atoms with van der Waals surface area (Å²) in [4.78, 5) is 22.2. The quantitative estimate of drug-likeness (QED) is 0.221. The molecule has 0 fully saturated rings. The van der Waals surface area contributed by atoms with E-state index in [0.29, 0.717) is 10.8 Å². The zero-order valence-corrected chi connectivity index (χ0v) is 8.44. The van der Waals surface area contributed by atoms with Crippen LogP contribution in [0.1, 0.15) is 0 Å². The van der Waals surface area contributed by atoms with Crippen molar-refractivity contribution in [1.82, 2.24) is 10.2 Å². The van der Waals surface area contributed by atoms with Crippen LogP contribution in [0.5, 0.6) is 0 Å². The zero-order chi connectivity index (χ0) is 12.6. The number of aromatic nitrogens is 2. The topological polar surface area (TPSA) is 170 Å². The Balaban J connectivity index is 0.000000509. The van der Waals surface area contributed by atoms with E-state index in [1.54, 1.807) is 24.3 Å². The highest BCUT2D eigenvalue weighted by Crippen LogP contribution is 2.00. The fraction of sp³-hybridized carbons (Fsp3) is 0. The highest BCUT2D eigenvalue weighted by atomic mass is 16.1. The SMILES string of the molecule is NN.NN.O=c1[nH][nH]c(=O)c2ccccc12. The van der Waals surface area contributed by atoms with Gasteiger partial charge in [0.1, 0.15) is 0 Å². The van der Waals surface area contributed by atoms with Gasteiger partial charge in [-0.25, -0.2) is 0 Å². The Morgan fingerprint density at radius 1 is 0.750 bits per heavy atom. The lowest BCUT2D eigenvalue weighted by Crippen LogP contribution is -2.18. The third-order valence-electron chi connectivity index (χ3n) is 1.71. The average molecular weight is 226 g/mol. The van der Waals surface area contributed by atoms with Crippen molar-refractivity contribution < 1.29 is 0 Å². The number of benzene rings is 1. The molecule has 0 unspecified atom stereocenters. The van der Waals surface area contributed by atoms with Gasteiger partial charge in [0.15, 0.2) is 0 Å². The number of H-pyrrole nitrogens is 2. The minimum atomic E-state index is -0.273. The molecule has 8 nitrogen and oxygen atoms in total. The molecule has 8 heteroatoms. The van der Waals surface area contributed by atoms with Crippen molar-refractivity contribution in [2.24, 2.45) is 23.4 Å². The number of nitrogens with two attached hydrogens (primary N) is 4. The van der Waals surface area contributed by atoms with Crippen LogP contribution >= 0.6 is 0 Å². The summed E-state index contributed by atoms with van der Waals surface area (Å²) in [6.45, 7) is 0. The Morgan fingerprint density at radius 2 is 1.06 bits per heavy atom. The largest absolute Gasteiger partial charge is 0.274 e. The summed E-state index contributed by atoms with van der Waals surface area (Å²) in [7, 11) is 0. The molecule has 0 saturated heterocycles. The van der Waals surface area contributed by atoms with Gasteiger partial charge in [-0.15, -0.1) is 0 Å². The van der Waals surface area contributed by atoms with Gasteiger partial charge in [0.2, 0.25) is 0 Å². The van der Waals surface area contributed by atoms with E-state index >= 15 is 0 Å². The Kier molecular flexibility index (Phi) is 6.40. The number of nitrogens with one attached hydrogen (secondary N) is 2. The number of hydrogen-bond acceptors (Lipinski definition) is 6. The van der Waals surface area contributed by atoms with Gasteiger partial charge in [0.25, 0.3) is 11.1 Å². The summed E-state index contributed by atoms with van der Waals surface area (Å²) in [5.41, 5.74) is -0.546. The lowest BCUT2D eigenvalue weighted by atomic mass is 10.2. The van der Waals surface area contributed by atoms with E-state index in [1.165, 1.54) is 0 Å². The van der Waals surface area contributed by atoms with Crippen LogP contribution in [0.25, 0.3) is 10.8 Å². The number of fused-ring (bicyclic) bond motifs is 1. The van der Waals surface area contributed by atoms with Crippen LogP contribution in [0, 0.1) is 0 Å². The number of rotatable bonds is 0. The van der Waals surface area contributed by atoms with Gasteiger partial charge in [-0.2, -0.15) is 0 Å². The maximum absolute atomic E-state index is 11.1. The molecule has 2 aromatic rings. The van der Waals surface area contributed by atoms with Crippen LogP contribution in [0.4, 0.5) is 0 Å². The summed E-state index contributed by atoms with van der Waals surface area (Å²) in [5, 5.41) is 5.33. The smallest absolute Gasteiger partial charge is 0.270 e. The molecule has 0 aliphatic rings. The Hall–Kier alpha value is -2.00. The molecule has 10 N–H and O–H groups in total. The van der Waals surface area contributed by atoms with Crippen molar-refractivity contribution in [3.63, 3.8) is 0 Å². The molecule has 88 valence electrons. The van der Waals surface area contributed by atoms with Gasteiger partial charge < -0.3 is 0 Å². The third-order valence-corrected chi connectivity index (χ3v) is 1.71. The standard InChI is InChI=1S/C8H6N2O2.2H4N2/c11-7-5-3-1-2-4-6(5)8(12)10-9-7;2*1-2/h1-4H,(H,9,11)(H,10,12);2*1-2H2. The normalized spacial score (nSPS) is 8.50. The summed E-state index contributed by atoms with van der Waals surface area (Å²) < 4.78 is 0. The second kappa shape index (κ2) is 7.31. The summed E-state index contributed by atoms with van der Waals surface area (Å²) in [6.07, 6.45) is 0. The molecule has 0 amide bonds. The maximum atomic E-state index is 11.1. The summed E-state index contributed by atoms with van der Waals surface area (Å²) in [5.74, 6) is 16.0. The fourth-order valence-corrected chi connectivity index (χ4v) is 1.13. The van der Waals surface area contributed by atoms with E-state index < -0.39 is 0 Å². The van der Waals surface area contributed by atoms with Crippen LogP contribution < -0.4 is 34.5 Å². The van der Waals surface area contributed by atoms with Gasteiger partial charge >= 0.3 is 0 Å². The molecule has 0 atom stereocenters. The minimum Gasteiger partial charge on any atom is -0.274 e. The van der Waals surface area contributed by atoms with E-state index in [1.807, 2.05) is 0 Å². The molecule has 0 aliphatic heterocycles. The second-order valence-corrected chi connectivity index (χ2v) is 2.45. The summed E-state index contributed by atoms with van der Waals surface area (Å²) in [6, 6.07) is 6.67. The van der Waals surface area contributed by atoms with Crippen molar-refractivity contribution in [2.75, 3.05) is 0 Å². The molecular formula is C8H14N6O2. The van der Waals surface area contributed by atoms with Crippen LogP contribution in [0.3, 0.4) is 0 Å². The van der Waals surface area contributed by atoms with Crippen molar-refractivity contribution in [3.8, 4) is 0 Å². The van der Waals surface area contributed by atoms with E-state index in [2.05, 4.69) is 33.6 Å². The van der Waals surface area contributed by atoms with Crippen molar-refractivity contribution in [1.29, 1.82) is 0 Å². The summed E-state index contributed by atoms with van der Waals surface area (Å²) >= 11 is 0. The fourth-order valence-electron chi connectivity index (χ4n) is 1.13. The molecule has 1 heterocycles. The van der Waals surface area contributed by atoms with Crippen LogP contribution in [0.2, 0.25) is 0 Å². The Labute approximate surface area is 90.2 Å². The van der Waals surface area contributed by atoms with Gasteiger partial charge in [-0.1, -0.05) is 12.1 Å². The molecule has 0 bridgehead atoms. The van der Waals surface area contributed by atoms with Crippen LogP contribution in [0.15, 0.2) is 33.9 Å². The Bertz CT molecular complexity index is 483. The molecule has 1 aromatic heterocycles. The van der Waals surface area contributed by atoms with Gasteiger partial charge in [-0.3, -0.25) is 43.2 Å². The van der Waals surface area contributed by atoms with E-state index in [0.717, 1.165) is 0 Å². The predicted molar refractivity (Wildman–Crippen MR) is 61.9 cm³/mol. The molecule has 0 aliphatic carbocycles.